The predicted molar refractivity (Wildman–Crippen MR) is 62.9 cm³/mol. The van der Waals surface area contributed by atoms with Gasteiger partial charge in [0.2, 0.25) is 5.91 Å². The second kappa shape index (κ2) is 4.59. The maximum absolute atomic E-state index is 13.3. The molecule has 1 saturated heterocycles. The highest BCUT2D eigenvalue weighted by atomic mass is 19.1. The number of nitro groups is 1. The lowest BCUT2D eigenvalue weighted by atomic mass is 10.2. The van der Waals surface area contributed by atoms with Crippen molar-refractivity contribution in [3.05, 3.63) is 34.1 Å². The number of hydrogen-bond donors (Lipinski definition) is 0. The fraction of sp³-hybridized carbons (Fsp3) is 0.364. The molecule has 1 aromatic carbocycles. The molecule has 18 heavy (non-hydrogen) atoms. The Hall–Kier alpha value is -2.18. The summed E-state index contributed by atoms with van der Waals surface area (Å²) in [5, 5.41) is 10.6. The van der Waals surface area contributed by atoms with E-state index in [1.807, 2.05) is 0 Å². The summed E-state index contributed by atoms with van der Waals surface area (Å²) >= 11 is 0. The molecule has 2 rings (SSSR count). The molecule has 1 aliphatic rings. The van der Waals surface area contributed by atoms with Crippen LogP contribution in [-0.2, 0) is 4.79 Å². The van der Waals surface area contributed by atoms with Crippen LogP contribution in [0.3, 0.4) is 0 Å². The van der Waals surface area contributed by atoms with Gasteiger partial charge in [-0.05, 0) is 6.07 Å². The molecule has 1 heterocycles. The van der Waals surface area contributed by atoms with Crippen LogP contribution in [0.15, 0.2) is 18.2 Å². The van der Waals surface area contributed by atoms with Crippen molar-refractivity contribution >= 4 is 17.3 Å². The van der Waals surface area contributed by atoms with Crippen molar-refractivity contribution in [1.82, 2.24) is 4.90 Å². The van der Waals surface area contributed by atoms with E-state index in [4.69, 9.17) is 0 Å². The van der Waals surface area contributed by atoms with Gasteiger partial charge in [0.25, 0.3) is 5.69 Å². The Morgan fingerprint density at radius 2 is 2.06 bits per heavy atom. The van der Waals surface area contributed by atoms with E-state index < -0.39 is 10.7 Å². The van der Waals surface area contributed by atoms with Crippen LogP contribution in [0.5, 0.6) is 0 Å². The molecule has 1 aromatic rings. The van der Waals surface area contributed by atoms with Gasteiger partial charge in [-0.1, -0.05) is 0 Å². The van der Waals surface area contributed by atoms with Crippen LogP contribution < -0.4 is 4.90 Å². The number of anilines is 1. The van der Waals surface area contributed by atoms with Crippen LogP contribution in [0.1, 0.15) is 0 Å². The minimum absolute atomic E-state index is 0.0897. The standard InChI is InChI=1S/C11H12FN3O3/c1-13-2-3-14(7-11(13)16)9-4-8(12)5-10(6-9)15(17)18/h4-6H,2-3,7H2,1H3. The fourth-order valence-electron chi connectivity index (χ4n) is 1.83. The van der Waals surface area contributed by atoms with Gasteiger partial charge < -0.3 is 9.80 Å². The van der Waals surface area contributed by atoms with Crippen molar-refractivity contribution in [2.45, 2.75) is 0 Å². The van der Waals surface area contributed by atoms with E-state index in [-0.39, 0.29) is 18.1 Å². The average molecular weight is 253 g/mol. The number of non-ortho nitro benzene ring substituents is 1. The quantitative estimate of drug-likeness (QED) is 0.582. The molecule has 1 aliphatic heterocycles. The van der Waals surface area contributed by atoms with Crippen molar-refractivity contribution in [3.8, 4) is 0 Å². The number of nitrogens with zero attached hydrogens (tertiary/aromatic N) is 3. The van der Waals surface area contributed by atoms with E-state index in [9.17, 15) is 19.3 Å². The summed E-state index contributed by atoms with van der Waals surface area (Å²) in [6, 6.07) is 3.34. The molecule has 6 nitrogen and oxygen atoms in total. The monoisotopic (exact) mass is 253 g/mol. The summed E-state index contributed by atoms with van der Waals surface area (Å²) in [6.45, 7) is 1.16. The van der Waals surface area contributed by atoms with E-state index in [2.05, 4.69) is 0 Å². The van der Waals surface area contributed by atoms with Crippen molar-refractivity contribution in [1.29, 1.82) is 0 Å². The van der Waals surface area contributed by atoms with Gasteiger partial charge in [-0.15, -0.1) is 0 Å². The number of likely N-dealkylation sites (N-methyl/N-ethyl adjacent to an activating group) is 1. The summed E-state index contributed by atoms with van der Waals surface area (Å²) in [5.41, 5.74) is 0.0551. The molecule has 1 fully saturated rings. The zero-order chi connectivity index (χ0) is 13.3. The maximum atomic E-state index is 13.3. The molecule has 0 bridgehead atoms. The van der Waals surface area contributed by atoms with Crippen LogP contribution in [-0.4, -0.2) is 42.4 Å². The number of hydrogen-bond acceptors (Lipinski definition) is 4. The maximum Gasteiger partial charge on any atom is 0.274 e. The topological polar surface area (TPSA) is 66.7 Å². The smallest absolute Gasteiger partial charge is 0.274 e. The fourth-order valence-corrected chi connectivity index (χ4v) is 1.83. The third-order valence-corrected chi connectivity index (χ3v) is 2.90. The van der Waals surface area contributed by atoms with Crippen LogP contribution in [0.2, 0.25) is 0 Å². The van der Waals surface area contributed by atoms with Gasteiger partial charge in [0, 0.05) is 31.9 Å². The van der Waals surface area contributed by atoms with Gasteiger partial charge in [-0.25, -0.2) is 4.39 Å². The summed E-state index contributed by atoms with van der Waals surface area (Å²) < 4.78 is 13.3. The molecule has 96 valence electrons. The SMILES string of the molecule is CN1CCN(c2cc(F)cc([N+](=O)[O-])c2)CC1=O. The molecule has 7 heteroatoms. The first-order valence-corrected chi connectivity index (χ1v) is 5.41. The number of carbonyl (C=O) groups is 1. The lowest BCUT2D eigenvalue weighted by Gasteiger charge is -2.33. The minimum atomic E-state index is -0.675. The molecule has 0 aliphatic carbocycles. The van der Waals surface area contributed by atoms with Gasteiger partial charge in [0.15, 0.2) is 0 Å². The number of nitro benzene ring substituents is 1. The highest BCUT2D eigenvalue weighted by molar-refractivity contribution is 5.82. The molecule has 0 unspecified atom stereocenters. The van der Waals surface area contributed by atoms with E-state index in [0.717, 1.165) is 6.07 Å². The van der Waals surface area contributed by atoms with Gasteiger partial charge in [0.1, 0.15) is 5.82 Å². The number of carbonyl (C=O) groups excluding carboxylic acids is 1. The Balaban J connectivity index is 2.28. The van der Waals surface area contributed by atoms with Crippen molar-refractivity contribution in [3.63, 3.8) is 0 Å². The molecule has 0 saturated carbocycles. The number of halogens is 1. The lowest BCUT2D eigenvalue weighted by molar-refractivity contribution is -0.385. The Bertz CT molecular complexity index is 506. The number of piperazine rings is 1. The molecular formula is C11H12FN3O3. The average Bonchev–Trinajstić information content (AvgIpc) is 2.31. The lowest BCUT2D eigenvalue weighted by Crippen LogP contribution is -2.48. The zero-order valence-corrected chi connectivity index (χ0v) is 9.80. The third kappa shape index (κ3) is 2.39. The van der Waals surface area contributed by atoms with E-state index >= 15 is 0 Å². The number of amides is 1. The van der Waals surface area contributed by atoms with Gasteiger partial charge >= 0.3 is 0 Å². The summed E-state index contributed by atoms with van der Waals surface area (Å²) in [4.78, 5) is 24.8. The highest BCUT2D eigenvalue weighted by Gasteiger charge is 2.23. The van der Waals surface area contributed by atoms with Gasteiger partial charge in [0.05, 0.1) is 17.5 Å². The summed E-state index contributed by atoms with van der Waals surface area (Å²) in [5.74, 6) is -0.765. The second-order valence-electron chi connectivity index (χ2n) is 4.16. The second-order valence-corrected chi connectivity index (χ2v) is 4.16. The number of benzene rings is 1. The normalized spacial score (nSPS) is 16.0. The first kappa shape index (κ1) is 12.3. The van der Waals surface area contributed by atoms with Crippen molar-refractivity contribution in [2.24, 2.45) is 0 Å². The molecular weight excluding hydrogens is 241 g/mol. The van der Waals surface area contributed by atoms with Crippen LogP contribution in [0.4, 0.5) is 15.8 Å². The minimum Gasteiger partial charge on any atom is -0.360 e. The van der Waals surface area contributed by atoms with Crippen LogP contribution in [0.25, 0.3) is 0 Å². The van der Waals surface area contributed by atoms with Gasteiger partial charge in [-0.2, -0.15) is 0 Å². The van der Waals surface area contributed by atoms with E-state index in [0.29, 0.717) is 18.8 Å². The first-order valence-electron chi connectivity index (χ1n) is 5.41. The Kier molecular flexibility index (Phi) is 3.14. The molecule has 1 amide bonds. The molecule has 0 N–H and O–H groups in total. The predicted octanol–water partition coefficient (Wildman–Crippen LogP) is 1.01. The third-order valence-electron chi connectivity index (χ3n) is 2.90. The number of rotatable bonds is 2. The van der Waals surface area contributed by atoms with Crippen LogP contribution >= 0.6 is 0 Å². The Labute approximate surface area is 103 Å². The molecule has 0 radical (unpaired) electrons. The molecule has 0 atom stereocenters. The molecule has 0 spiro atoms. The first-order chi connectivity index (χ1) is 8.47. The molecule has 0 aromatic heterocycles. The van der Waals surface area contributed by atoms with Crippen LogP contribution in [0, 0.1) is 15.9 Å². The Morgan fingerprint density at radius 3 is 2.67 bits per heavy atom. The summed E-state index contributed by atoms with van der Waals surface area (Å²) in [7, 11) is 1.69. The zero-order valence-electron chi connectivity index (χ0n) is 9.80. The van der Waals surface area contributed by atoms with Crippen molar-refractivity contribution < 1.29 is 14.1 Å². The van der Waals surface area contributed by atoms with Gasteiger partial charge in [-0.3, -0.25) is 14.9 Å². The highest BCUT2D eigenvalue weighted by Crippen LogP contribution is 2.24. The Morgan fingerprint density at radius 1 is 1.33 bits per heavy atom. The van der Waals surface area contributed by atoms with Crippen molar-refractivity contribution in [2.75, 3.05) is 31.6 Å². The largest absolute Gasteiger partial charge is 0.360 e. The van der Waals surface area contributed by atoms with E-state index in [1.165, 1.54) is 12.1 Å². The van der Waals surface area contributed by atoms with E-state index in [1.54, 1.807) is 16.8 Å². The summed E-state index contributed by atoms with van der Waals surface area (Å²) in [6.07, 6.45) is 0.